The lowest BCUT2D eigenvalue weighted by atomic mass is 10.3. The predicted molar refractivity (Wildman–Crippen MR) is 50.9 cm³/mol. The van der Waals surface area contributed by atoms with Crippen LogP contribution in [-0.4, -0.2) is 19.3 Å². The fourth-order valence-electron chi connectivity index (χ4n) is 0.811. The third kappa shape index (κ3) is 3.61. The van der Waals surface area contributed by atoms with Crippen LogP contribution in [0.3, 0.4) is 0 Å². The molecule has 0 fully saturated rings. The minimum absolute atomic E-state index is 0.0272. The highest BCUT2D eigenvalue weighted by molar-refractivity contribution is 6.30. The van der Waals surface area contributed by atoms with E-state index in [-0.39, 0.29) is 13.2 Å². The van der Waals surface area contributed by atoms with Crippen LogP contribution in [0, 0.1) is 0 Å². The van der Waals surface area contributed by atoms with Gasteiger partial charge in [0.15, 0.2) is 0 Å². The van der Waals surface area contributed by atoms with E-state index in [0.717, 1.165) is 0 Å². The van der Waals surface area contributed by atoms with E-state index in [9.17, 15) is 4.39 Å². The summed E-state index contributed by atoms with van der Waals surface area (Å²) in [5.74, 6) is 0.559. The molecule has 0 aromatic heterocycles. The Morgan fingerprint density at radius 3 is 2.92 bits per heavy atom. The Bertz CT molecular complexity index is 270. The van der Waals surface area contributed by atoms with Gasteiger partial charge in [0, 0.05) is 11.6 Å². The molecule has 0 saturated heterocycles. The molecule has 4 heteroatoms. The molecule has 1 unspecified atom stereocenters. The zero-order valence-electron chi connectivity index (χ0n) is 7.04. The van der Waals surface area contributed by atoms with Crippen LogP contribution in [0.1, 0.15) is 0 Å². The molecule has 0 amide bonds. The van der Waals surface area contributed by atoms with Gasteiger partial charge in [-0.3, -0.25) is 0 Å². The van der Waals surface area contributed by atoms with Gasteiger partial charge < -0.3 is 10.5 Å². The summed E-state index contributed by atoms with van der Waals surface area (Å²) in [7, 11) is 0. The predicted octanol–water partition coefficient (Wildman–Crippen LogP) is 2.02. The highest BCUT2D eigenvalue weighted by atomic mass is 35.5. The molecule has 13 heavy (non-hydrogen) atoms. The molecular weight excluding hydrogens is 193 g/mol. The third-order valence-corrected chi connectivity index (χ3v) is 1.72. The third-order valence-electron chi connectivity index (χ3n) is 1.48. The number of rotatable bonds is 4. The molecule has 72 valence electrons. The fraction of sp³-hybridized carbons (Fsp3) is 0.333. The van der Waals surface area contributed by atoms with Crippen molar-refractivity contribution in [2.24, 2.45) is 5.73 Å². The maximum atomic E-state index is 12.6. The summed E-state index contributed by atoms with van der Waals surface area (Å²) >= 11 is 5.70. The van der Waals surface area contributed by atoms with E-state index < -0.39 is 6.17 Å². The molecule has 1 aromatic carbocycles. The van der Waals surface area contributed by atoms with Gasteiger partial charge in [-0.15, -0.1) is 0 Å². The Balaban J connectivity index is 2.45. The van der Waals surface area contributed by atoms with Crippen molar-refractivity contribution in [3.63, 3.8) is 0 Å². The lowest BCUT2D eigenvalue weighted by molar-refractivity contribution is 0.201. The number of benzene rings is 1. The summed E-state index contributed by atoms with van der Waals surface area (Å²) in [4.78, 5) is 0. The molecule has 1 atom stereocenters. The van der Waals surface area contributed by atoms with Gasteiger partial charge in [-0.1, -0.05) is 17.7 Å². The standard InChI is InChI=1S/C9H11ClFNO/c10-7-2-1-3-9(4-7)13-6-8(11)5-12/h1-4,8H,5-6,12H2. The van der Waals surface area contributed by atoms with Crippen molar-refractivity contribution in [1.29, 1.82) is 0 Å². The minimum Gasteiger partial charge on any atom is -0.490 e. The molecule has 2 N–H and O–H groups in total. The molecule has 2 nitrogen and oxygen atoms in total. The highest BCUT2D eigenvalue weighted by Crippen LogP contribution is 2.17. The molecule has 0 spiro atoms. The lowest BCUT2D eigenvalue weighted by Gasteiger charge is -2.08. The zero-order valence-corrected chi connectivity index (χ0v) is 7.80. The van der Waals surface area contributed by atoms with E-state index in [4.69, 9.17) is 22.1 Å². The number of hydrogen-bond acceptors (Lipinski definition) is 2. The first kappa shape index (κ1) is 10.3. The first-order valence-corrected chi connectivity index (χ1v) is 4.32. The van der Waals surface area contributed by atoms with Crippen LogP contribution in [0.5, 0.6) is 5.75 Å². The molecule has 0 bridgehead atoms. The van der Waals surface area contributed by atoms with Crippen molar-refractivity contribution in [1.82, 2.24) is 0 Å². The Hall–Kier alpha value is -0.800. The van der Waals surface area contributed by atoms with Crippen molar-refractivity contribution in [2.75, 3.05) is 13.2 Å². The van der Waals surface area contributed by atoms with Crippen LogP contribution in [0.2, 0.25) is 5.02 Å². The lowest BCUT2D eigenvalue weighted by Crippen LogP contribution is -2.22. The molecule has 0 heterocycles. The van der Waals surface area contributed by atoms with E-state index in [1.54, 1.807) is 24.3 Å². The van der Waals surface area contributed by atoms with Gasteiger partial charge in [0.2, 0.25) is 0 Å². The second kappa shape index (κ2) is 5.04. The van der Waals surface area contributed by atoms with E-state index in [1.807, 2.05) is 0 Å². The Morgan fingerprint density at radius 1 is 1.54 bits per heavy atom. The minimum atomic E-state index is -1.13. The van der Waals surface area contributed by atoms with Crippen LogP contribution in [-0.2, 0) is 0 Å². The monoisotopic (exact) mass is 203 g/mol. The second-order valence-corrected chi connectivity index (χ2v) is 3.04. The molecule has 0 aliphatic rings. The van der Waals surface area contributed by atoms with Gasteiger partial charge in [0.05, 0.1) is 0 Å². The van der Waals surface area contributed by atoms with Crippen molar-refractivity contribution in [3.05, 3.63) is 29.3 Å². The van der Waals surface area contributed by atoms with Crippen LogP contribution in [0.25, 0.3) is 0 Å². The van der Waals surface area contributed by atoms with E-state index >= 15 is 0 Å². The summed E-state index contributed by atoms with van der Waals surface area (Å²) < 4.78 is 17.7. The van der Waals surface area contributed by atoms with Crippen molar-refractivity contribution < 1.29 is 9.13 Å². The quantitative estimate of drug-likeness (QED) is 0.813. The van der Waals surface area contributed by atoms with Gasteiger partial charge in [0.25, 0.3) is 0 Å². The first-order chi connectivity index (χ1) is 6.22. The van der Waals surface area contributed by atoms with Crippen LogP contribution in [0.4, 0.5) is 4.39 Å². The molecule has 0 saturated carbocycles. The number of hydrogen-bond donors (Lipinski definition) is 1. The summed E-state index contributed by atoms with van der Waals surface area (Å²) in [6.45, 7) is -0.0581. The fourth-order valence-corrected chi connectivity index (χ4v) is 0.992. The van der Waals surface area contributed by atoms with Gasteiger partial charge in [-0.25, -0.2) is 4.39 Å². The number of nitrogens with two attached hydrogens (primary N) is 1. The van der Waals surface area contributed by atoms with Gasteiger partial charge in [-0.2, -0.15) is 0 Å². The first-order valence-electron chi connectivity index (χ1n) is 3.95. The maximum Gasteiger partial charge on any atom is 0.146 e. The zero-order chi connectivity index (χ0) is 9.68. The topological polar surface area (TPSA) is 35.2 Å². The smallest absolute Gasteiger partial charge is 0.146 e. The van der Waals surface area contributed by atoms with Gasteiger partial charge in [0.1, 0.15) is 18.5 Å². The summed E-state index contributed by atoms with van der Waals surface area (Å²) in [5, 5.41) is 0.570. The SMILES string of the molecule is NCC(F)COc1cccc(Cl)c1. The van der Waals surface area contributed by atoms with Crippen molar-refractivity contribution in [2.45, 2.75) is 6.17 Å². The Morgan fingerprint density at radius 2 is 2.31 bits per heavy atom. The highest BCUT2D eigenvalue weighted by Gasteiger charge is 2.04. The molecular formula is C9H11ClFNO. The van der Waals surface area contributed by atoms with Crippen molar-refractivity contribution in [3.8, 4) is 5.75 Å². The number of alkyl halides is 1. The molecule has 1 rings (SSSR count). The molecule has 0 aliphatic carbocycles. The molecule has 0 aliphatic heterocycles. The maximum absolute atomic E-state index is 12.6. The van der Waals surface area contributed by atoms with E-state index in [1.165, 1.54) is 0 Å². The average Bonchev–Trinajstić information content (AvgIpc) is 2.14. The molecule has 0 radical (unpaired) electrons. The number of halogens is 2. The normalized spacial score (nSPS) is 12.5. The van der Waals surface area contributed by atoms with Gasteiger partial charge in [-0.05, 0) is 18.2 Å². The summed E-state index contributed by atoms with van der Waals surface area (Å²) in [5.41, 5.74) is 5.09. The van der Waals surface area contributed by atoms with Crippen LogP contribution >= 0.6 is 11.6 Å². The molecule has 1 aromatic rings. The second-order valence-electron chi connectivity index (χ2n) is 2.60. The number of ether oxygens (including phenoxy) is 1. The van der Waals surface area contributed by atoms with E-state index in [0.29, 0.717) is 10.8 Å². The van der Waals surface area contributed by atoms with Crippen LogP contribution in [0.15, 0.2) is 24.3 Å². The average molecular weight is 204 g/mol. The Kier molecular flexibility index (Phi) is 3.99. The Labute approximate surface area is 81.4 Å². The van der Waals surface area contributed by atoms with Gasteiger partial charge >= 0.3 is 0 Å². The van der Waals surface area contributed by atoms with Crippen LogP contribution < -0.4 is 10.5 Å². The summed E-state index contributed by atoms with van der Waals surface area (Å²) in [6.07, 6.45) is -1.13. The summed E-state index contributed by atoms with van der Waals surface area (Å²) in [6, 6.07) is 6.82. The van der Waals surface area contributed by atoms with Crippen molar-refractivity contribution >= 4 is 11.6 Å². The largest absolute Gasteiger partial charge is 0.490 e. The van der Waals surface area contributed by atoms with E-state index in [2.05, 4.69) is 0 Å².